The van der Waals surface area contributed by atoms with Crippen molar-refractivity contribution in [2.75, 3.05) is 44.2 Å². The lowest BCUT2D eigenvalue weighted by molar-refractivity contribution is 0.139. The van der Waals surface area contributed by atoms with Crippen LogP contribution in [0.15, 0.2) is 24.3 Å². The van der Waals surface area contributed by atoms with E-state index in [9.17, 15) is 4.39 Å². The Hall–Kier alpha value is -0.580. The van der Waals surface area contributed by atoms with Crippen molar-refractivity contribution in [3.05, 3.63) is 35.6 Å². The van der Waals surface area contributed by atoms with Crippen LogP contribution in [0.2, 0.25) is 0 Å². The molecule has 0 aromatic heterocycles. The van der Waals surface area contributed by atoms with E-state index in [4.69, 9.17) is 0 Å². The molecule has 1 aromatic carbocycles. The van der Waals surface area contributed by atoms with Crippen molar-refractivity contribution < 1.29 is 4.39 Å². The standard InChI is InChI=1S/C18H27FN2S/c19-17-7-5-16(6-8-17)18-4-1-2-10-21(18)11-3-9-20-12-14-22-15-13-20/h5-8,18H,1-4,9-15H2. The Labute approximate surface area is 138 Å². The van der Waals surface area contributed by atoms with E-state index < -0.39 is 0 Å². The molecule has 2 saturated heterocycles. The second-order valence-electron chi connectivity index (χ2n) is 6.41. The minimum atomic E-state index is -0.130. The summed E-state index contributed by atoms with van der Waals surface area (Å²) in [6.07, 6.45) is 5.06. The van der Waals surface area contributed by atoms with Gasteiger partial charge in [0.15, 0.2) is 0 Å². The van der Waals surface area contributed by atoms with Crippen molar-refractivity contribution in [1.29, 1.82) is 0 Å². The number of hydrogen-bond donors (Lipinski definition) is 0. The zero-order chi connectivity index (χ0) is 15.2. The summed E-state index contributed by atoms with van der Waals surface area (Å²) in [4.78, 5) is 5.22. The van der Waals surface area contributed by atoms with E-state index in [1.165, 1.54) is 75.5 Å². The van der Waals surface area contributed by atoms with E-state index in [1.54, 1.807) is 12.1 Å². The quantitative estimate of drug-likeness (QED) is 0.814. The van der Waals surface area contributed by atoms with E-state index in [2.05, 4.69) is 21.6 Å². The molecule has 122 valence electrons. The van der Waals surface area contributed by atoms with Gasteiger partial charge in [0.05, 0.1) is 0 Å². The van der Waals surface area contributed by atoms with E-state index in [1.807, 2.05) is 12.1 Å². The van der Waals surface area contributed by atoms with Crippen LogP contribution in [-0.2, 0) is 0 Å². The fourth-order valence-corrected chi connectivity index (χ4v) is 4.62. The lowest BCUT2D eigenvalue weighted by Gasteiger charge is -2.36. The molecule has 1 atom stereocenters. The molecule has 2 aliphatic rings. The van der Waals surface area contributed by atoms with Crippen LogP contribution in [0.4, 0.5) is 4.39 Å². The average molecular weight is 322 g/mol. The predicted octanol–water partition coefficient (Wildman–Crippen LogP) is 3.79. The largest absolute Gasteiger partial charge is 0.302 e. The van der Waals surface area contributed by atoms with Crippen LogP contribution in [-0.4, -0.2) is 54.0 Å². The first-order valence-electron chi connectivity index (χ1n) is 8.62. The zero-order valence-corrected chi connectivity index (χ0v) is 14.2. The highest BCUT2D eigenvalue weighted by Gasteiger charge is 2.23. The van der Waals surface area contributed by atoms with Crippen molar-refractivity contribution in [3.63, 3.8) is 0 Å². The van der Waals surface area contributed by atoms with Gasteiger partial charge in [0.2, 0.25) is 0 Å². The van der Waals surface area contributed by atoms with Crippen LogP contribution in [0.5, 0.6) is 0 Å². The Morgan fingerprint density at radius 3 is 2.55 bits per heavy atom. The third-order valence-electron chi connectivity index (χ3n) is 4.89. The van der Waals surface area contributed by atoms with Crippen LogP contribution in [0.3, 0.4) is 0 Å². The maximum Gasteiger partial charge on any atom is 0.123 e. The molecule has 1 aromatic rings. The molecule has 2 fully saturated rings. The molecule has 0 spiro atoms. The molecule has 0 N–H and O–H groups in total. The second-order valence-corrected chi connectivity index (χ2v) is 7.63. The summed E-state index contributed by atoms with van der Waals surface area (Å²) >= 11 is 2.08. The number of likely N-dealkylation sites (tertiary alicyclic amines) is 1. The van der Waals surface area contributed by atoms with Gasteiger partial charge in [-0.2, -0.15) is 11.8 Å². The lowest BCUT2D eigenvalue weighted by atomic mass is 9.95. The molecule has 1 unspecified atom stereocenters. The Kier molecular flexibility index (Phi) is 6.16. The number of hydrogen-bond acceptors (Lipinski definition) is 3. The van der Waals surface area contributed by atoms with Crippen molar-refractivity contribution in [3.8, 4) is 0 Å². The van der Waals surface area contributed by atoms with Gasteiger partial charge in [0.1, 0.15) is 5.82 Å². The van der Waals surface area contributed by atoms with Crippen LogP contribution in [0, 0.1) is 5.82 Å². The second kappa shape index (κ2) is 8.32. The Morgan fingerprint density at radius 1 is 1.00 bits per heavy atom. The maximum atomic E-state index is 13.1. The molecule has 2 nitrogen and oxygen atoms in total. The summed E-state index contributed by atoms with van der Waals surface area (Å²) in [6, 6.07) is 7.65. The van der Waals surface area contributed by atoms with Gasteiger partial charge < -0.3 is 4.90 Å². The highest BCUT2D eigenvalue weighted by Crippen LogP contribution is 2.31. The Bertz CT molecular complexity index is 445. The predicted molar refractivity (Wildman–Crippen MR) is 92.9 cm³/mol. The normalized spacial score (nSPS) is 24.5. The number of benzene rings is 1. The van der Waals surface area contributed by atoms with Crippen LogP contribution < -0.4 is 0 Å². The fourth-order valence-electron chi connectivity index (χ4n) is 3.64. The SMILES string of the molecule is Fc1ccc(C2CCCCN2CCCN2CCSCC2)cc1. The molecule has 0 aliphatic carbocycles. The molecule has 0 bridgehead atoms. The smallest absolute Gasteiger partial charge is 0.123 e. The summed E-state index contributed by atoms with van der Waals surface area (Å²) in [6.45, 7) is 6.11. The van der Waals surface area contributed by atoms with Gasteiger partial charge in [0.25, 0.3) is 0 Å². The van der Waals surface area contributed by atoms with Gasteiger partial charge in [-0.25, -0.2) is 4.39 Å². The summed E-state index contributed by atoms with van der Waals surface area (Å²) in [7, 11) is 0. The number of rotatable bonds is 5. The zero-order valence-electron chi connectivity index (χ0n) is 13.3. The van der Waals surface area contributed by atoms with E-state index in [0.29, 0.717) is 6.04 Å². The molecule has 4 heteroatoms. The first-order valence-corrected chi connectivity index (χ1v) is 9.78. The molecule has 0 saturated carbocycles. The molecule has 3 rings (SSSR count). The number of thioether (sulfide) groups is 1. The third kappa shape index (κ3) is 4.46. The monoisotopic (exact) mass is 322 g/mol. The summed E-state index contributed by atoms with van der Waals surface area (Å²) in [5, 5.41) is 0. The van der Waals surface area contributed by atoms with Crippen molar-refractivity contribution in [1.82, 2.24) is 9.80 Å². The molecular weight excluding hydrogens is 295 g/mol. The van der Waals surface area contributed by atoms with Gasteiger partial charge in [-0.1, -0.05) is 18.6 Å². The minimum Gasteiger partial charge on any atom is -0.302 e. The van der Waals surface area contributed by atoms with E-state index in [-0.39, 0.29) is 5.82 Å². The maximum absolute atomic E-state index is 13.1. The summed E-state index contributed by atoms with van der Waals surface area (Å²) in [5.41, 5.74) is 1.29. The lowest BCUT2D eigenvalue weighted by Crippen LogP contribution is -2.38. The Balaban J connectivity index is 1.52. The van der Waals surface area contributed by atoms with Gasteiger partial charge in [-0.15, -0.1) is 0 Å². The molecule has 0 amide bonds. The van der Waals surface area contributed by atoms with Gasteiger partial charge in [-0.05, 0) is 56.6 Å². The van der Waals surface area contributed by atoms with Crippen molar-refractivity contribution in [2.24, 2.45) is 0 Å². The van der Waals surface area contributed by atoms with E-state index >= 15 is 0 Å². The topological polar surface area (TPSA) is 6.48 Å². The number of halogens is 1. The number of nitrogens with zero attached hydrogens (tertiary/aromatic N) is 2. The number of piperidine rings is 1. The molecular formula is C18H27FN2S. The third-order valence-corrected chi connectivity index (χ3v) is 5.83. The average Bonchev–Trinajstić information content (AvgIpc) is 2.57. The first-order chi connectivity index (χ1) is 10.8. The highest BCUT2D eigenvalue weighted by molar-refractivity contribution is 7.99. The van der Waals surface area contributed by atoms with Crippen LogP contribution >= 0.6 is 11.8 Å². The Morgan fingerprint density at radius 2 is 1.77 bits per heavy atom. The summed E-state index contributed by atoms with van der Waals surface area (Å²) in [5.74, 6) is 2.46. The fraction of sp³-hybridized carbons (Fsp3) is 0.667. The highest BCUT2D eigenvalue weighted by atomic mass is 32.2. The molecule has 2 heterocycles. The summed E-state index contributed by atoms with van der Waals surface area (Å²) < 4.78 is 13.1. The van der Waals surface area contributed by atoms with Crippen molar-refractivity contribution >= 4 is 11.8 Å². The molecule has 22 heavy (non-hydrogen) atoms. The minimum absolute atomic E-state index is 0.130. The van der Waals surface area contributed by atoms with Crippen LogP contribution in [0.1, 0.15) is 37.3 Å². The van der Waals surface area contributed by atoms with Gasteiger partial charge in [-0.3, -0.25) is 4.90 Å². The van der Waals surface area contributed by atoms with E-state index in [0.717, 1.165) is 0 Å². The van der Waals surface area contributed by atoms with Crippen LogP contribution in [0.25, 0.3) is 0 Å². The van der Waals surface area contributed by atoms with Gasteiger partial charge in [0, 0.05) is 30.6 Å². The first kappa shape index (κ1) is 16.3. The molecule has 2 aliphatic heterocycles. The van der Waals surface area contributed by atoms with Gasteiger partial charge >= 0.3 is 0 Å². The molecule has 0 radical (unpaired) electrons. The van der Waals surface area contributed by atoms with Crippen molar-refractivity contribution in [2.45, 2.75) is 31.7 Å².